The molecule has 0 aliphatic rings. The molecular formula is C8H6F3NO3. The first-order valence-electron chi connectivity index (χ1n) is 3.72. The molecule has 0 atom stereocenters. The zero-order valence-corrected chi connectivity index (χ0v) is 7.50. The molecule has 0 unspecified atom stereocenters. The van der Waals surface area contributed by atoms with E-state index in [-0.39, 0.29) is 0 Å². The summed E-state index contributed by atoms with van der Waals surface area (Å²) in [6, 6.07) is 0. The van der Waals surface area contributed by atoms with Crippen molar-refractivity contribution in [3.63, 3.8) is 0 Å². The molecule has 0 amide bonds. The molecule has 0 saturated carbocycles. The Labute approximate surface area is 82.3 Å². The number of hydrogen-bond donors (Lipinski definition) is 1. The van der Waals surface area contributed by atoms with E-state index in [2.05, 4.69) is 9.72 Å². The highest BCUT2D eigenvalue weighted by molar-refractivity contribution is 5.89. The van der Waals surface area contributed by atoms with Gasteiger partial charge in [0.25, 0.3) is 6.43 Å². The molecule has 0 aromatic carbocycles. The van der Waals surface area contributed by atoms with Crippen LogP contribution in [0.1, 0.15) is 22.5 Å². The van der Waals surface area contributed by atoms with Crippen LogP contribution in [0.3, 0.4) is 0 Å². The van der Waals surface area contributed by atoms with Gasteiger partial charge in [0.05, 0.1) is 13.3 Å². The maximum atomic E-state index is 13.3. The predicted octanol–water partition coefficient (Wildman–Crippen LogP) is 1.87. The van der Waals surface area contributed by atoms with Crippen molar-refractivity contribution in [2.75, 3.05) is 7.11 Å². The summed E-state index contributed by atoms with van der Waals surface area (Å²) >= 11 is 0. The lowest BCUT2D eigenvalue weighted by molar-refractivity contribution is 0.0674. The van der Waals surface area contributed by atoms with Crippen LogP contribution in [0.25, 0.3) is 0 Å². The van der Waals surface area contributed by atoms with Gasteiger partial charge in [-0.25, -0.2) is 18.0 Å². The minimum atomic E-state index is -3.16. The molecule has 7 heteroatoms. The number of methoxy groups -OCH3 is 1. The fraction of sp³-hybridized carbons (Fsp3) is 0.250. The van der Waals surface area contributed by atoms with Gasteiger partial charge in [0.15, 0.2) is 11.6 Å². The van der Waals surface area contributed by atoms with Crippen LogP contribution in [0.15, 0.2) is 6.20 Å². The monoisotopic (exact) mass is 221 g/mol. The van der Waals surface area contributed by atoms with Gasteiger partial charge in [0, 0.05) is 0 Å². The Morgan fingerprint density at radius 3 is 2.60 bits per heavy atom. The van der Waals surface area contributed by atoms with E-state index in [1.54, 1.807) is 0 Å². The molecule has 4 nitrogen and oxygen atoms in total. The lowest BCUT2D eigenvalue weighted by atomic mass is 10.2. The maximum Gasteiger partial charge on any atom is 0.340 e. The predicted molar refractivity (Wildman–Crippen MR) is 42.7 cm³/mol. The van der Waals surface area contributed by atoms with Crippen LogP contribution in [0.4, 0.5) is 13.2 Å². The van der Waals surface area contributed by atoms with Gasteiger partial charge in [-0.1, -0.05) is 0 Å². The number of carboxylic acid groups (broad SMARTS) is 1. The molecule has 1 aromatic rings. The zero-order chi connectivity index (χ0) is 11.6. The fourth-order valence-corrected chi connectivity index (χ4v) is 0.996. The Hall–Kier alpha value is -1.79. The van der Waals surface area contributed by atoms with E-state index in [0.29, 0.717) is 6.20 Å². The van der Waals surface area contributed by atoms with E-state index in [4.69, 9.17) is 5.11 Å². The smallest absolute Gasteiger partial charge is 0.340 e. The average molecular weight is 221 g/mol. The Morgan fingerprint density at radius 2 is 2.20 bits per heavy atom. The molecule has 0 fully saturated rings. The maximum absolute atomic E-state index is 13.3. The molecule has 82 valence electrons. The number of aromatic nitrogens is 1. The number of rotatable bonds is 3. The number of hydrogen-bond acceptors (Lipinski definition) is 3. The van der Waals surface area contributed by atoms with Crippen LogP contribution >= 0.6 is 0 Å². The molecule has 1 rings (SSSR count). The molecule has 1 heterocycles. The van der Waals surface area contributed by atoms with Gasteiger partial charge in [0.1, 0.15) is 11.3 Å². The Morgan fingerprint density at radius 1 is 1.60 bits per heavy atom. The lowest BCUT2D eigenvalue weighted by Crippen LogP contribution is -2.10. The van der Waals surface area contributed by atoms with Gasteiger partial charge in [-0.3, -0.25) is 4.98 Å². The number of nitrogens with zero attached hydrogens (tertiary/aromatic N) is 1. The summed E-state index contributed by atoms with van der Waals surface area (Å²) in [7, 11) is 1.08. The van der Waals surface area contributed by atoms with Crippen LogP contribution < -0.4 is 4.74 Å². The number of ether oxygens (including phenoxy) is 1. The van der Waals surface area contributed by atoms with Crippen molar-refractivity contribution >= 4 is 5.97 Å². The first-order chi connectivity index (χ1) is 6.99. The third kappa shape index (κ3) is 2.00. The van der Waals surface area contributed by atoms with Crippen LogP contribution in [0.2, 0.25) is 0 Å². The quantitative estimate of drug-likeness (QED) is 0.846. The molecule has 1 aromatic heterocycles. The van der Waals surface area contributed by atoms with Gasteiger partial charge in [0.2, 0.25) is 0 Å². The minimum Gasteiger partial charge on any atom is -0.492 e. The van der Waals surface area contributed by atoms with E-state index in [0.717, 1.165) is 7.11 Å². The lowest BCUT2D eigenvalue weighted by Gasteiger charge is -2.08. The average Bonchev–Trinajstić information content (AvgIpc) is 2.16. The van der Waals surface area contributed by atoms with E-state index >= 15 is 0 Å². The van der Waals surface area contributed by atoms with E-state index < -0.39 is 35.2 Å². The number of carbonyl (C=O) groups is 1. The molecular weight excluding hydrogens is 215 g/mol. The number of carboxylic acids is 1. The summed E-state index contributed by atoms with van der Waals surface area (Å²) in [6.45, 7) is 0. The summed E-state index contributed by atoms with van der Waals surface area (Å²) in [5.41, 5.74) is -2.27. The van der Waals surface area contributed by atoms with E-state index in [1.165, 1.54) is 0 Å². The Bertz CT molecular complexity index is 395. The Kier molecular flexibility index (Phi) is 3.13. The largest absolute Gasteiger partial charge is 0.492 e. The van der Waals surface area contributed by atoms with E-state index in [9.17, 15) is 18.0 Å². The third-order valence-corrected chi connectivity index (χ3v) is 1.65. The first-order valence-corrected chi connectivity index (χ1v) is 3.72. The summed E-state index contributed by atoms with van der Waals surface area (Å²) in [5.74, 6) is -3.65. The minimum absolute atomic E-state index is 0.489. The third-order valence-electron chi connectivity index (χ3n) is 1.65. The van der Waals surface area contributed by atoms with E-state index in [1.807, 2.05) is 0 Å². The van der Waals surface area contributed by atoms with Gasteiger partial charge in [-0.2, -0.15) is 0 Å². The normalized spacial score (nSPS) is 10.5. The van der Waals surface area contributed by atoms with Gasteiger partial charge in [-0.15, -0.1) is 0 Å². The van der Waals surface area contributed by atoms with Crippen LogP contribution in [0.5, 0.6) is 5.75 Å². The molecule has 0 spiro atoms. The van der Waals surface area contributed by atoms with Crippen LogP contribution in [-0.4, -0.2) is 23.2 Å². The zero-order valence-electron chi connectivity index (χ0n) is 7.50. The summed E-state index contributed by atoms with van der Waals surface area (Å²) in [5, 5.41) is 8.55. The van der Waals surface area contributed by atoms with Crippen LogP contribution in [-0.2, 0) is 0 Å². The van der Waals surface area contributed by atoms with Crippen molar-refractivity contribution in [2.45, 2.75) is 6.43 Å². The summed E-state index contributed by atoms with van der Waals surface area (Å²) in [4.78, 5) is 13.7. The molecule has 0 aliphatic heterocycles. The van der Waals surface area contributed by atoms with Gasteiger partial charge in [-0.05, 0) is 0 Å². The number of alkyl halides is 2. The standard InChI is InChI=1S/C8H6F3NO3/c1-15-3-2-12-6(7(10)11)4(5(3)9)8(13)14/h2,7H,1H3,(H,13,14). The van der Waals surface area contributed by atoms with Crippen molar-refractivity contribution in [3.8, 4) is 5.75 Å². The Balaban J connectivity index is 3.44. The first kappa shape index (κ1) is 11.3. The van der Waals surface area contributed by atoms with Crippen molar-refractivity contribution in [1.82, 2.24) is 4.98 Å². The number of aromatic carboxylic acids is 1. The second-order valence-corrected chi connectivity index (χ2v) is 2.51. The molecule has 0 saturated heterocycles. The fourth-order valence-electron chi connectivity index (χ4n) is 0.996. The SMILES string of the molecule is COc1cnc(C(F)F)c(C(=O)O)c1F. The summed E-state index contributed by atoms with van der Waals surface area (Å²) in [6.07, 6.45) is -2.44. The van der Waals surface area contributed by atoms with Gasteiger partial charge >= 0.3 is 5.97 Å². The molecule has 0 bridgehead atoms. The second kappa shape index (κ2) is 4.16. The van der Waals surface area contributed by atoms with Crippen molar-refractivity contribution in [2.24, 2.45) is 0 Å². The van der Waals surface area contributed by atoms with Crippen LogP contribution in [0, 0.1) is 5.82 Å². The molecule has 0 aliphatic carbocycles. The summed E-state index contributed by atoms with van der Waals surface area (Å²) < 4.78 is 42.2. The second-order valence-electron chi connectivity index (χ2n) is 2.51. The number of halogens is 3. The highest BCUT2D eigenvalue weighted by atomic mass is 19.3. The van der Waals surface area contributed by atoms with Crippen molar-refractivity contribution in [3.05, 3.63) is 23.3 Å². The molecule has 1 N–H and O–H groups in total. The van der Waals surface area contributed by atoms with Crippen molar-refractivity contribution in [1.29, 1.82) is 0 Å². The molecule has 0 radical (unpaired) electrons. The topological polar surface area (TPSA) is 59.4 Å². The highest BCUT2D eigenvalue weighted by Crippen LogP contribution is 2.27. The highest BCUT2D eigenvalue weighted by Gasteiger charge is 2.26. The molecule has 15 heavy (non-hydrogen) atoms. The van der Waals surface area contributed by atoms with Crippen molar-refractivity contribution < 1.29 is 27.8 Å². The van der Waals surface area contributed by atoms with Gasteiger partial charge < -0.3 is 9.84 Å². The number of pyridine rings is 1.